The Morgan fingerprint density at radius 2 is 1.88 bits per heavy atom. The van der Waals surface area contributed by atoms with Crippen LogP contribution in [0.2, 0.25) is 5.02 Å². The molecule has 0 spiro atoms. The smallest absolute Gasteiger partial charge is 0.252 e. The van der Waals surface area contributed by atoms with E-state index in [2.05, 4.69) is 19.2 Å². The number of rotatable bonds is 8. The highest BCUT2D eigenvalue weighted by Gasteiger charge is 2.35. The van der Waals surface area contributed by atoms with E-state index in [1.54, 1.807) is 11.0 Å². The molecule has 0 aromatic heterocycles. The van der Waals surface area contributed by atoms with Gasteiger partial charge in [-0.25, -0.2) is 0 Å². The quantitative estimate of drug-likeness (QED) is 0.604. The van der Waals surface area contributed by atoms with E-state index in [9.17, 15) is 9.59 Å². The van der Waals surface area contributed by atoms with E-state index >= 15 is 0 Å². The summed E-state index contributed by atoms with van der Waals surface area (Å²) >= 11 is 6.36. The third kappa shape index (κ3) is 5.57. The van der Waals surface area contributed by atoms with Gasteiger partial charge >= 0.3 is 0 Å². The number of carbonyl (C=O) groups is 2. The Morgan fingerprint density at radius 3 is 2.53 bits per heavy atom. The van der Waals surface area contributed by atoms with Crippen molar-refractivity contribution in [2.45, 2.75) is 46.6 Å². The lowest BCUT2D eigenvalue weighted by Crippen LogP contribution is -2.46. The van der Waals surface area contributed by atoms with Gasteiger partial charge < -0.3 is 10.2 Å². The molecule has 32 heavy (non-hydrogen) atoms. The Labute approximate surface area is 195 Å². The van der Waals surface area contributed by atoms with Crippen LogP contribution in [0.4, 0.5) is 5.69 Å². The van der Waals surface area contributed by atoms with E-state index in [-0.39, 0.29) is 24.3 Å². The highest BCUT2D eigenvalue weighted by Crippen LogP contribution is 2.32. The summed E-state index contributed by atoms with van der Waals surface area (Å²) < 4.78 is 0. The normalized spacial score (nSPS) is 16.9. The molecule has 2 aromatic carbocycles. The van der Waals surface area contributed by atoms with Gasteiger partial charge in [0.15, 0.2) is 0 Å². The van der Waals surface area contributed by atoms with Crippen molar-refractivity contribution in [3.8, 4) is 0 Å². The van der Waals surface area contributed by atoms with Gasteiger partial charge in [-0.3, -0.25) is 14.6 Å². The third-order valence-electron chi connectivity index (χ3n) is 5.87. The fourth-order valence-electron chi connectivity index (χ4n) is 3.76. The second-order valence-corrected chi connectivity index (χ2v) is 9.23. The molecule has 0 aliphatic carbocycles. The summed E-state index contributed by atoms with van der Waals surface area (Å²) in [6, 6.07) is 14.6. The number of benzodiazepines with no additional fused rings is 1. The van der Waals surface area contributed by atoms with Crippen molar-refractivity contribution in [1.29, 1.82) is 0 Å². The molecule has 0 radical (unpaired) electrons. The van der Waals surface area contributed by atoms with Crippen LogP contribution in [0, 0.1) is 11.8 Å². The lowest BCUT2D eigenvalue weighted by Gasteiger charge is -2.26. The first kappa shape index (κ1) is 24.0. The van der Waals surface area contributed by atoms with Gasteiger partial charge in [0.05, 0.1) is 11.4 Å². The molecular weight excluding hydrogens is 422 g/mol. The van der Waals surface area contributed by atoms with Crippen molar-refractivity contribution in [2.75, 3.05) is 18.0 Å². The lowest BCUT2D eigenvalue weighted by molar-refractivity contribution is -0.125. The standard InChI is InChI=1S/C26H32ClN3O2/c1-5-18(4)24-26(32)30(16-23(31)28-14-13-17(2)3)22-12-11-20(27)15-21(22)25(29-24)19-9-7-6-8-10-19/h6-12,15,17-18,24H,5,13-14,16H2,1-4H3,(H,28,31)/t18-,24+/m0/s1. The summed E-state index contributed by atoms with van der Waals surface area (Å²) in [5.74, 6) is 0.186. The fraction of sp³-hybridized carbons (Fsp3) is 0.423. The number of aliphatic imine (C=N–C) groups is 1. The highest BCUT2D eigenvalue weighted by atomic mass is 35.5. The topological polar surface area (TPSA) is 61.8 Å². The minimum Gasteiger partial charge on any atom is -0.355 e. The number of nitrogens with zero attached hydrogens (tertiary/aromatic N) is 2. The Balaban J connectivity index is 2.06. The van der Waals surface area contributed by atoms with E-state index in [4.69, 9.17) is 16.6 Å². The monoisotopic (exact) mass is 453 g/mol. The van der Waals surface area contributed by atoms with E-state index in [0.717, 1.165) is 29.7 Å². The first-order chi connectivity index (χ1) is 15.3. The highest BCUT2D eigenvalue weighted by molar-refractivity contribution is 6.32. The van der Waals surface area contributed by atoms with Crippen LogP contribution in [0.25, 0.3) is 0 Å². The number of hydrogen-bond donors (Lipinski definition) is 1. The van der Waals surface area contributed by atoms with E-state index in [0.29, 0.717) is 23.2 Å². The predicted molar refractivity (Wildman–Crippen MR) is 132 cm³/mol. The Hall–Kier alpha value is -2.66. The van der Waals surface area contributed by atoms with Crippen molar-refractivity contribution < 1.29 is 9.59 Å². The molecule has 2 amide bonds. The second-order valence-electron chi connectivity index (χ2n) is 8.79. The number of anilines is 1. The molecule has 1 heterocycles. The molecule has 2 aromatic rings. The zero-order chi connectivity index (χ0) is 23.3. The van der Waals surface area contributed by atoms with Gasteiger partial charge in [0.25, 0.3) is 5.91 Å². The molecule has 5 nitrogen and oxygen atoms in total. The molecule has 0 saturated heterocycles. The van der Waals surface area contributed by atoms with Crippen LogP contribution >= 0.6 is 11.6 Å². The number of amides is 2. The largest absolute Gasteiger partial charge is 0.355 e. The predicted octanol–water partition coefficient (Wildman–Crippen LogP) is 5.10. The van der Waals surface area contributed by atoms with Gasteiger partial charge in [0, 0.05) is 22.7 Å². The van der Waals surface area contributed by atoms with Crippen molar-refractivity contribution in [2.24, 2.45) is 16.8 Å². The summed E-state index contributed by atoms with van der Waals surface area (Å²) in [4.78, 5) is 33.0. The number of halogens is 1. The molecule has 0 saturated carbocycles. The van der Waals surface area contributed by atoms with Crippen molar-refractivity contribution in [3.63, 3.8) is 0 Å². The van der Waals surface area contributed by atoms with Crippen LogP contribution in [0.15, 0.2) is 53.5 Å². The maximum atomic E-state index is 13.7. The molecule has 0 unspecified atom stereocenters. The molecule has 2 atom stereocenters. The van der Waals surface area contributed by atoms with Crippen molar-refractivity contribution in [3.05, 3.63) is 64.7 Å². The second kappa shape index (κ2) is 10.8. The van der Waals surface area contributed by atoms with Crippen LogP contribution in [0.3, 0.4) is 0 Å². The van der Waals surface area contributed by atoms with Crippen LogP contribution in [-0.2, 0) is 9.59 Å². The fourth-order valence-corrected chi connectivity index (χ4v) is 3.93. The van der Waals surface area contributed by atoms with Gasteiger partial charge in [0.2, 0.25) is 5.91 Å². The summed E-state index contributed by atoms with van der Waals surface area (Å²) in [7, 11) is 0. The van der Waals surface area contributed by atoms with Crippen LogP contribution in [0.1, 0.15) is 51.7 Å². The van der Waals surface area contributed by atoms with Crippen LogP contribution < -0.4 is 10.2 Å². The van der Waals surface area contributed by atoms with E-state index in [1.807, 2.05) is 56.3 Å². The van der Waals surface area contributed by atoms with Crippen molar-refractivity contribution in [1.82, 2.24) is 5.32 Å². The van der Waals surface area contributed by atoms with E-state index in [1.165, 1.54) is 0 Å². The molecule has 170 valence electrons. The first-order valence-electron chi connectivity index (χ1n) is 11.3. The van der Waals surface area contributed by atoms with Gasteiger partial charge in [-0.2, -0.15) is 0 Å². The number of benzene rings is 2. The molecule has 1 aliphatic rings. The summed E-state index contributed by atoms with van der Waals surface area (Å²) in [5.41, 5.74) is 3.06. The van der Waals surface area contributed by atoms with Gasteiger partial charge in [0.1, 0.15) is 12.6 Å². The lowest BCUT2D eigenvalue weighted by atomic mass is 9.98. The molecular formula is C26H32ClN3O2. The average molecular weight is 454 g/mol. The molecule has 0 bridgehead atoms. The molecule has 6 heteroatoms. The summed E-state index contributed by atoms with van der Waals surface area (Å²) in [5, 5.41) is 3.51. The Kier molecular flexibility index (Phi) is 8.08. The van der Waals surface area contributed by atoms with Gasteiger partial charge in [-0.1, -0.05) is 76.0 Å². The maximum Gasteiger partial charge on any atom is 0.252 e. The number of fused-ring (bicyclic) bond motifs is 1. The number of hydrogen-bond acceptors (Lipinski definition) is 3. The number of carbonyl (C=O) groups excluding carboxylic acids is 2. The zero-order valence-electron chi connectivity index (χ0n) is 19.3. The number of nitrogens with one attached hydrogen (secondary N) is 1. The Bertz CT molecular complexity index is 988. The third-order valence-corrected chi connectivity index (χ3v) is 6.10. The SMILES string of the molecule is CC[C@H](C)[C@H]1N=C(c2ccccc2)c2cc(Cl)ccc2N(CC(=O)NCCC(C)C)C1=O. The molecule has 1 N–H and O–H groups in total. The van der Waals surface area contributed by atoms with Crippen LogP contribution in [0.5, 0.6) is 0 Å². The summed E-state index contributed by atoms with van der Waals surface area (Å²) in [6.45, 7) is 8.85. The Morgan fingerprint density at radius 1 is 1.16 bits per heavy atom. The van der Waals surface area contributed by atoms with Gasteiger partial charge in [-0.15, -0.1) is 0 Å². The minimum atomic E-state index is -0.579. The van der Waals surface area contributed by atoms with E-state index < -0.39 is 6.04 Å². The summed E-state index contributed by atoms with van der Waals surface area (Å²) in [6.07, 6.45) is 1.69. The molecule has 3 rings (SSSR count). The molecule has 0 fully saturated rings. The van der Waals surface area contributed by atoms with Crippen molar-refractivity contribution >= 4 is 34.8 Å². The minimum absolute atomic E-state index is 0.0255. The maximum absolute atomic E-state index is 13.7. The first-order valence-corrected chi connectivity index (χ1v) is 11.7. The molecule has 1 aliphatic heterocycles. The van der Waals surface area contributed by atoms with Gasteiger partial charge in [-0.05, 0) is 36.5 Å². The van der Waals surface area contributed by atoms with Crippen LogP contribution in [-0.4, -0.2) is 36.7 Å². The zero-order valence-corrected chi connectivity index (χ0v) is 20.0. The average Bonchev–Trinajstić information content (AvgIpc) is 2.88.